The molecule has 0 radical (unpaired) electrons. The summed E-state index contributed by atoms with van der Waals surface area (Å²) in [7, 11) is 1.09. The third-order valence-corrected chi connectivity index (χ3v) is 2.86. The minimum absolute atomic E-state index is 0.284. The van der Waals surface area contributed by atoms with Crippen molar-refractivity contribution in [1.82, 2.24) is 4.98 Å². The highest BCUT2D eigenvalue weighted by molar-refractivity contribution is 5.99. The molecule has 0 amide bonds. The molecule has 0 saturated carbocycles. The summed E-state index contributed by atoms with van der Waals surface area (Å²) in [4.78, 5) is 7.75. The van der Waals surface area contributed by atoms with E-state index in [1.165, 1.54) is 18.5 Å². The maximum Gasteiger partial charge on any atom is 0.422 e. The number of allylic oxidation sites excluding steroid dienone is 3. The molecular weight excluding hydrogens is 307 g/mol. The molecule has 0 saturated heterocycles. The normalized spacial score (nSPS) is 14.1. The summed E-state index contributed by atoms with van der Waals surface area (Å²) in [6, 6.07) is 4.80. The van der Waals surface area contributed by atoms with E-state index in [0.29, 0.717) is 11.3 Å². The number of rotatable bonds is 5. The van der Waals surface area contributed by atoms with Gasteiger partial charge in [-0.1, -0.05) is 13.0 Å². The van der Waals surface area contributed by atoms with Gasteiger partial charge in [0.05, 0.1) is 18.8 Å². The van der Waals surface area contributed by atoms with Crippen LogP contribution in [0.4, 0.5) is 13.2 Å². The van der Waals surface area contributed by atoms with E-state index in [-0.39, 0.29) is 6.42 Å². The average Bonchev–Trinajstić information content (AvgIpc) is 2.52. The summed E-state index contributed by atoms with van der Waals surface area (Å²) < 4.78 is 44.9. The molecule has 1 aromatic rings. The Balaban J connectivity index is 3.53. The van der Waals surface area contributed by atoms with Crippen molar-refractivity contribution in [3.8, 4) is 6.07 Å². The number of nitrogens with zero attached hydrogens (tertiary/aromatic N) is 3. The maximum atomic E-state index is 13.4. The summed E-state index contributed by atoms with van der Waals surface area (Å²) in [6.07, 6.45) is -0.268. The van der Waals surface area contributed by atoms with E-state index in [0.717, 1.165) is 7.11 Å². The van der Waals surface area contributed by atoms with Crippen molar-refractivity contribution < 1.29 is 17.9 Å². The minimum Gasteiger partial charge on any atom is -0.481 e. The van der Waals surface area contributed by atoms with Crippen LogP contribution in [-0.4, -0.2) is 24.0 Å². The van der Waals surface area contributed by atoms with Crippen molar-refractivity contribution in [3.05, 3.63) is 53.2 Å². The van der Waals surface area contributed by atoms with Gasteiger partial charge in [-0.15, -0.1) is 0 Å². The van der Waals surface area contributed by atoms with E-state index in [4.69, 9.17) is 10.00 Å². The predicted octanol–water partition coefficient (Wildman–Crippen LogP) is 4.17. The van der Waals surface area contributed by atoms with Crippen molar-refractivity contribution in [3.63, 3.8) is 0 Å². The lowest BCUT2D eigenvalue weighted by molar-refractivity contribution is -0.0921. The number of aromatic nitrogens is 1. The number of pyridine rings is 1. The fourth-order valence-corrected chi connectivity index (χ4v) is 1.81. The van der Waals surface area contributed by atoms with Crippen LogP contribution >= 0.6 is 0 Å². The number of methoxy groups -OCH3 is 1. The fraction of sp³-hybridized carbons (Fsp3) is 0.312. The van der Waals surface area contributed by atoms with Crippen molar-refractivity contribution in [1.29, 1.82) is 5.26 Å². The number of halogens is 3. The highest BCUT2D eigenvalue weighted by Crippen LogP contribution is 2.34. The van der Waals surface area contributed by atoms with Crippen LogP contribution in [0.2, 0.25) is 0 Å². The van der Waals surface area contributed by atoms with Crippen LogP contribution in [0, 0.1) is 11.3 Å². The van der Waals surface area contributed by atoms with Gasteiger partial charge in [0.2, 0.25) is 5.88 Å². The fourth-order valence-electron chi connectivity index (χ4n) is 1.81. The van der Waals surface area contributed by atoms with Crippen LogP contribution in [0.25, 0.3) is 0 Å². The molecule has 7 heteroatoms. The molecule has 0 N–H and O–H groups in total. The summed E-state index contributed by atoms with van der Waals surface area (Å²) in [6.45, 7) is 3.20. The molecule has 0 spiro atoms. The van der Waals surface area contributed by atoms with Gasteiger partial charge in [-0.3, -0.25) is 4.98 Å². The Morgan fingerprint density at radius 1 is 1.39 bits per heavy atom. The molecule has 1 heterocycles. The summed E-state index contributed by atoms with van der Waals surface area (Å²) >= 11 is 0. The Morgan fingerprint density at radius 3 is 2.43 bits per heavy atom. The van der Waals surface area contributed by atoms with Crippen LogP contribution in [0.1, 0.15) is 25.8 Å². The zero-order valence-corrected chi connectivity index (χ0v) is 13.0. The molecule has 0 atom stereocenters. The van der Waals surface area contributed by atoms with Gasteiger partial charge in [-0.05, 0) is 31.0 Å². The zero-order chi connectivity index (χ0) is 17.5. The highest BCUT2D eigenvalue weighted by Gasteiger charge is 2.40. The Morgan fingerprint density at radius 2 is 2.00 bits per heavy atom. The van der Waals surface area contributed by atoms with E-state index < -0.39 is 23.2 Å². The quantitative estimate of drug-likeness (QED) is 0.354. The third kappa shape index (κ3) is 4.95. The Hall–Kier alpha value is -2.62. The molecule has 122 valence electrons. The van der Waals surface area contributed by atoms with Gasteiger partial charge in [0.15, 0.2) is 0 Å². The maximum absolute atomic E-state index is 13.4. The molecule has 0 aromatic carbocycles. The first-order chi connectivity index (χ1) is 10.8. The second-order valence-electron chi connectivity index (χ2n) is 4.45. The zero-order valence-electron chi connectivity index (χ0n) is 13.0. The van der Waals surface area contributed by atoms with Gasteiger partial charge >= 0.3 is 6.18 Å². The van der Waals surface area contributed by atoms with E-state index in [1.807, 2.05) is 0 Å². The van der Waals surface area contributed by atoms with E-state index >= 15 is 0 Å². The molecule has 0 aliphatic carbocycles. The van der Waals surface area contributed by atoms with E-state index in [1.54, 1.807) is 32.0 Å². The lowest BCUT2D eigenvalue weighted by atomic mass is 10.1. The average molecular weight is 323 g/mol. The molecule has 1 rings (SSSR count). The molecule has 1 aromatic heterocycles. The van der Waals surface area contributed by atoms with Gasteiger partial charge < -0.3 is 4.74 Å². The monoisotopic (exact) mass is 323 g/mol. The molecule has 0 unspecified atom stereocenters. The molecule has 23 heavy (non-hydrogen) atoms. The van der Waals surface area contributed by atoms with Gasteiger partial charge in [-0.25, -0.2) is 4.99 Å². The number of nitriles is 1. The second kappa shape index (κ2) is 8.13. The largest absolute Gasteiger partial charge is 0.481 e. The van der Waals surface area contributed by atoms with E-state index in [9.17, 15) is 13.2 Å². The van der Waals surface area contributed by atoms with Crippen LogP contribution in [0.5, 0.6) is 0 Å². The van der Waals surface area contributed by atoms with Crippen LogP contribution in [0.3, 0.4) is 0 Å². The number of hydrogen-bond donors (Lipinski definition) is 0. The molecule has 0 fully saturated rings. The van der Waals surface area contributed by atoms with E-state index in [2.05, 4.69) is 9.98 Å². The summed E-state index contributed by atoms with van der Waals surface area (Å²) in [5, 5.41) is 9.02. The second-order valence-corrected chi connectivity index (χ2v) is 4.45. The number of hydrogen-bond acceptors (Lipinski definition) is 4. The predicted molar refractivity (Wildman–Crippen MR) is 80.5 cm³/mol. The molecular formula is C16H16F3N3O. The Kier molecular flexibility index (Phi) is 6.51. The molecule has 0 aliphatic heterocycles. The molecule has 0 bridgehead atoms. The van der Waals surface area contributed by atoms with Gasteiger partial charge in [0.25, 0.3) is 0 Å². The molecule has 4 nitrogen and oxygen atoms in total. The summed E-state index contributed by atoms with van der Waals surface area (Å²) in [5.74, 6) is -0.645. The number of alkyl halides is 3. The Labute approximate surface area is 132 Å². The van der Waals surface area contributed by atoms with Crippen molar-refractivity contribution in [2.75, 3.05) is 7.11 Å². The summed E-state index contributed by atoms with van der Waals surface area (Å²) in [5.41, 5.74) is -0.769. The van der Waals surface area contributed by atoms with Crippen LogP contribution in [0.15, 0.2) is 52.6 Å². The first-order valence-corrected chi connectivity index (χ1v) is 6.76. The van der Waals surface area contributed by atoms with Crippen LogP contribution < -0.4 is 0 Å². The topological polar surface area (TPSA) is 58.3 Å². The third-order valence-electron chi connectivity index (χ3n) is 2.86. The Bertz CT molecular complexity index is 668. The van der Waals surface area contributed by atoms with Crippen molar-refractivity contribution in [2.45, 2.75) is 26.4 Å². The lowest BCUT2D eigenvalue weighted by Gasteiger charge is -2.14. The van der Waals surface area contributed by atoms with Crippen LogP contribution in [-0.2, 0) is 4.74 Å². The SMILES string of the molecule is CC/C=C(C#N)/C(=C(\N=C(/C)c1ccncc1)OC)C(F)(F)F. The number of aliphatic imine (C=N–C) groups is 1. The minimum atomic E-state index is -4.76. The highest BCUT2D eigenvalue weighted by atomic mass is 19.4. The van der Waals surface area contributed by atoms with Gasteiger partial charge in [-0.2, -0.15) is 18.4 Å². The lowest BCUT2D eigenvalue weighted by Crippen LogP contribution is -2.17. The van der Waals surface area contributed by atoms with Crippen molar-refractivity contribution in [2.24, 2.45) is 4.99 Å². The van der Waals surface area contributed by atoms with Gasteiger partial charge in [0, 0.05) is 18.1 Å². The van der Waals surface area contributed by atoms with Crippen molar-refractivity contribution >= 4 is 5.71 Å². The number of ether oxygens (including phenoxy) is 1. The first-order valence-electron chi connectivity index (χ1n) is 6.76. The first kappa shape index (κ1) is 18.4. The smallest absolute Gasteiger partial charge is 0.422 e. The molecule has 0 aliphatic rings. The standard InChI is InChI=1S/C16H16F3N3O/c1-4-5-13(10-20)14(16(17,18)19)15(23-3)22-11(2)12-6-8-21-9-7-12/h5-9H,4H2,1-3H3/b13-5+,15-14-,22-11+. The van der Waals surface area contributed by atoms with Gasteiger partial charge in [0.1, 0.15) is 5.57 Å².